The first-order valence-electron chi connectivity index (χ1n) is 1.38. The zero-order valence-electron chi connectivity index (χ0n) is 3.20. The van der Waals surface area contributed by atoms with Crippen LogP contribution in [0.2, 0.25) is 0 Å². The third-order valence-corrected chi connectivity index (χ3v) is 0.357. The average molecular weight is 132 g/mol. The Morgan fingerprint density at radius 1 is 1.43 bits per heavy atom. The van der Waals surface area contributed by atoms with Gasteiger partial charge >= 0.3 is 6.36 Å². The fourth-order valence-corrected chi connectivity index (χ4v) is 0.220. The summed E-state index contributed by atoms with van der Waals surface area (Å²) in [5.41, 5.74) is 0. The average Bonchev–Trinajstić information content (AvgIpc) is 1.30. The number of hydrogen-bond donors (Lipinski definition) is 1. The normalized spacial score (nSPS) is 12.0. The van der Waals surface area contributed by atoms with E-state index in [2.05, 4.69) is 17.4 Å². The Bertz CT molecular complexity index is 51.4. The van der Waals surface area contributed by atoms with Crippen molar-refractivity contribution in [2.75, 3.05) is 5.94 Å². The molecule has 1 nitrogen and oxygen atoms in total. The van der Waals surface area contributed by atoms with Crippen LogP contribution in [0.4, 0.5) is 13.2 Å². The molecule has 0 aliphatic rings. The Labute approximate surface area is 43.9 Å². The molecule has 0 rings (SSSR count). The maximum atomic E-state index is 10.8. The lowest BCUT2D eigenvalue weighted by Gasteiger charge is -2.01. The van der Waals surface area contributed by atoms with Crippen molar-refractivity contribution in [3.05, 3.63) is 0 Å². The second-order valence-corrected chi connectivity index (χ2v) is 0.977. The molecule has 44 valence electrons. The Kier molecular flexibility index (Phi) is 2.45. The monoisotopic (exact) mass is 132 g/mol. The van der Waals surface area contributed by atoms with Crippen LogP contribution in [0.1, 0.15) is 0 Å². The molecular formula is C2H3F3OS. The van der Waals surface area contributed by atoms with E-state index in [0.29, 0.717) is 0 Å². The second-order valence-electron chi connectivity index (χ2n) is 0.719. The van der Waals surface area contributed by atoms with Crippen LogP contribution < -0.4 is 0 Å². The zero-order chi connectivity index (χ0) is 5.91. The van der Waals surface area contributed by atoms with Crippen LogP contribution in [-0.4, -0.2) is 12.3 Å². The van der Waals surface area contributed by atoms with Gasteiger partial charge in [-0.15, -0.1) is 13.2 Å². The largest absolute Gasteiger partial charge is 0.523 e. The van der Waals surface area contributed by atoms with Crippen molar-refractivity contribution in [1.29, 1.82) is 0 Å². The van der Waals surface area contributed by atoms with E-state index in [0.717, 1.165) is 0 Å². The molecule has 0 fully saturated rings. The summed E-state index contributed by atoms with van der Waals surface area (Å²) in [5.74, 6) is -0.622. The summed E-state index contributed by atoms with van der Waals surface area (Å²) in [6.45, 7) is 0. The van der Waals surface area contributed by atoms with Gasteiger partial charge in [-0.05, 0) is 0 Å². The van der Waals surface area contributed by atoms with Gasteiger partial charge < -0.3 is 0 Å². The van der Waals surface area contributed by atoms with Crippen LogP contribution in [-0.2, 0) is 4.74 Å². The lowest BCUT2D eigenvalue weighted by Crippen LogP contribution is -2.11. The Morgan fingerprint density at radius 3 is 1.86 bits per heavy atom. The minimum absolute atomic E-state index is 0.622. The van der Waals surface area contributed by atoms with Crippen LogP contribution >= 0.6 is 12.6 Å². The maximum Gasteiger partial charge on any atom is 0.523 e. The van der Waals surface area contributed by atoms with Crippen molar-refractivity contribution in [3.8, 4) is 0 Å². The molecule has 0 N–H and O–H groups in total. The molecule has 0 unspecified atom stereocenters. The van der Waals surface area contributed by atoms with Gasteiger partial charge in [0.1, 0.15) is 0 Å². The van der Waals surface area contributed by atoms with E-state index in [4.69, 9.17) is 0 Å². The van der Waals surface area contributed by atoms with Gasteiger partial charge in [0.2, 0.25) is 0 Å². The third-order valence-electron chi connectivity index (χ3n) is 0.228. The zero-order valence-corrected chi connectivity index (χ0v) is 4.09. The molecule has 0 aromatic rings. The number of thiol groups is 1. The van der Waals surface area contributed by atoms with Crippen molar-refractivity contribution in [1.82, 2.24) is 0 Å². The number of alkyl halides is 3. The van der Waals surface area contributed by atoms with Crippen molar-refractivity contribution >= 4 is 12.6 Å². The highest BCUT2D eigenvalue weighted by molar-refractivity contribution is 7.80. The fourth-order valence-electron chi connectivity index (χ4n) is 0.0732. The lowest BCUT2D eigenvalue weighted by atomic mass is 11.3. The number of rotatable bonds is 1. The van der Waals surface area contributed by atoms with E-state index in [9.17, 15) is 13.2 Å². The van der Waals surface area contributed by atoms with Gasteiger partial charge in [-0.25, -0.2) is 0 Å². The molecule has 0 aromatic carbocycles. The van der Waals surface area contributed by atoms with Crippen LogP contribution in [0.3, 0.4) is 0 Å². The van der Waals surface area contributed by atoms with Crippen LogP contribution in [0.15, 0.2) is 0 Å². The standard InChI is InChI=1S/C2H3F3OS/c3-2(4,5)6-1-7/h7H,1H2. The predicted molar refractivity (Wildman–Crippen MR) is 21.0 cm³/mol. The smallest absolute Gasteiger partial charge is 0.281 e. The first-order chi connectivity index (χ1) is 3.06. The van der Waals surface area contributed by atoms with Gasteiger partial charge in [-0.3, -0.25) is 4.74 Å². The van der Waals surface area contributed by atoms with Crippen LogP contribution in [0.25, 0.3) is 0 Å². The van der Waals surface area contributed by atoms with Crippen LogP contribution in [0, 0.1) is 0 Å². The molecule has 0 bridgehead atoms. The molecule has 0 saturated carbocycles. The molecule has 5 heteroatoms. The molecule has 0 amide bonds. The van der Waals surface area contributed by atoms with Crippen molar-refractivity contribution < 1.29 is 17.9 Å². The summed E-state index contributed by atoms with van der Waals surface area (Å²) in [7, 11) is 0. The van der Waals surface area contributed by atoms with E-state index in [1.165, 1.54) is 0 Å². The Hall–Kier alpha value is 0.100. The molecule has 0 aliphatic carbocycles. The Balaban J connectivity index is 3.15. The highest BCUT2D eigenvalue weighted by Gasteiger charge is 2.27. The quantitative estimate of drug-likeness (QED) is 0.419. The molecule has 0 aromatic heterocycles. The van der Waals surface area contributed by atoms with Gasteiger partial charge in [-0.1, -0.05) is 0 Å². The summed E-state index contributed by atoms with van der Waals surface area (Å²) in [6, 6.07) is 0. The molecule has 0 heterocycles. The summed E-state index contributed by atoms with van der Waals surface area (Å²) in [6.07, 6.45) is -4.53. The van der Waals surface area contributed by atoms with Gasteiger partial charge in [0, 0.05) is 0 Å². The maximum absolute atomic E-state index is 10.8. The topological polar surface area (TPSA) is 9.23 Å². The van der Waals surface area contributed by atoms with E-state index >= 15 is 0 Å². The Morgan fingerprint density at radius 2 is 1.86 bits per heavy atom. The fraction of sp³-hybridized carbons (Fsp3) is 1.00. The van der Waals surface area contributed by atoms with Gasteiger partial charge in [0.05, 0.1) is 5.94 Å². The minimum atomic E-state index is -4.53. The lowest BCUT2D eigenvalue weighted by molar-refractivity contribution is -0.315. The molecule has 0 atom stereocenters. The van der Waals surface area contributed by atoms with Crippen molar-refractivity contribution in [3.63, 3.8) is 0 Å². The first kappa shape index (κ1) is 7.10. The van der Waals surface area contributed by atoms with Crippen LogP contribution in [0.5, 0.6) is 0 Å². The summed E-state index contributed by atoms with van der Waals surface area (Å²) < 4.78 is 35.4. The molecular weight excluding hydrogens is 129 g/mol. The molecule has 0 saturated heterocycles. The van der Waals surface area contributed by atoms with Gasteiger partial charge in [0.15, 0.2) is 0 Å². The van der Waals surface area contributed by atoms with Crippen molar-refractivity contribution in [2.45, 2.75) is 6.36 Å². The van der Waals surface area contributed by atoms with Crippen molar-refractivity contribution in [2.24, 2.45) is 0 Å². The second kappa shape index (κ2) is 2.42. The van der Waals surface area contributed by atoms with E-state index < -0.39 is 12.3 Å². The number of halogens is 3. The number of hydrogen-bond acceptors (Lipinski definition) is 2. The summed E-state index contributed by atoms with van der Waals surface area (Å²) in [4.78, 5) is 0. The van der Waals surface area contributed by atoms with Gasteiger partial charge in [0.25, 0.3) is 0 Å². The summed E-state index contributed by atoms with van der Waals surface area (Å²) >= 11 is 3.17. The molecule has 7 heavy (non-hydrogen) atoms. The molecule has 0 radical (unpaired) electrons. The highest BCUT2D eigenvalue weighted by atomic mass is 32.1. The van der Waals surface area contributed by atoms with E-state index in [-0.39, 0.29) is 0 Å². The predicted octanol–water partition coefficient (Wildman–Crippen LogP) is 1.41. The highest BCUT2D eigenvalue weighted by Crippen LogP contribution is 2.15. The van der Waals surface area contributed by atoms with E-state index in [1.807, 2.05) is 0 Å². The summed E-state index contributed by atoms with van der Waals surface area (Å²) in [5, 5.41) is 0. The SMILES string of the molecule is FC(F)(F)OCS. The number of ether oxygens (including phenoxy) is 1. The first-order valence-corrected chi connectivity index (χ1v) is 2.01. The van der Waals surface area contributed by atoms with E-state index in [1.54, 1.807) is 0 Å². The third kappa shape index (κ3) is 6.10. The molecule has 0 aliphatic heterocycles. The molecule has 0 spiro atoms. The van der Waals surface area contributed by atoms with Gasteiger partial charge in [-0.2, -0.15) is 12.6 Å². The minimum Gasteiger partial charge on any atom is -0.281 e.